The van der Waals surface area contributed by atoms with E-state index >= 15 is 0 Å². The lowest BCUT2D eigenvalue weighted by atomic mass is 10.1. The molecular weight excluding hydrogens is 355 g/mol. The molecular formula is C23H21FN2O2. The largest absolute Gasteiger partial charge is 0.457 e. The zero-order chi connectivity index (χ0) is 19.3. The predicted molar refractivity (Wildman–Crippen MR) is 107 cm³/mol. The van der Waals surface area contributed by atoms with Gasteiger partial charge in [-0.15, -0.1) is 0 Å². The number of para-hydroxylation sites is 1. The maximum Gasteiger partial charge on any atom is 0.254 e. The first kappa shape index (κ1) is 18.0. The van der Waals surface area contributed by atoms with Gasteiger partial charge in [-0.3, -0.25) is 4.79 Å². The first-order chi connectivity index (χ1) is 13.7. The summed E-state index contributed by atoms with van der Waals surface area (Å²) in [5.41, 5.74) is 1.59. The quantitative estimate of drug-likeness (QED) is 0.668. The number of ether oxygens (including phenoxy) is 1. The highest BCUT2D eigenvalue weighted by molar-refractivity contribution is 5.94. The highest BCUT2D eigenvalue weighted by Crippen LogP contribution is 2.23. The third-order valence-corrected chi connectivity index (χ3v) is 4.82. The number of halogens is 1. The van der Waals surface area contributed by atoms with Gasteiger partial charge in [0.2, 0.25) is 0 Å². The lowest BCUT2D eigenvalue weighted by Crippen LogP contribution is -2.48. The molecule has 1 heterocycles. The van der Waals surface area contributed by atoms with E-state index in [1.54, 1.807) is 18.2 Å². The number of anilines is 1. The molecule has 1 aliphatic rings. The van der Waals surface area contributed by atoms with E-state index in [2.05, 4.69) is 4.90 Å². The molecule has 0 spiro atoms. The van der Waals surface area contributed by atoms with Gasteiger partial charge in [0.15, 0.2) is 0 Å². The van der Waals surface area contributed by atoms with E-state index in [9.17, 15) is 9.18 Å². The average Bonchev–Trinajstić information content (AvgIpc) is 2.75. The number of carbonyl (C=O) groups excluding carboxylic acids is 1. The fourth-order valence-electron chi connectivity index (χ4n) is 3.32. The molecule has 142 valence electrons. The Morgan fingerprint density at radius 1 is 0.786 bits per heavy atom. The van der Waals surface area contributed by atoms with Gasteiger partial charge in [0.05, 0.1) is 0 Å². The Morgan fingerprint density at radius 3 is 2.18 bits per heavy atom. The van der Waals surface area contributed by atoms with Crippen LogP contribution in [0.3, 0.4) is 0 Å². The molecule has 0 aliphatic carbocycles. The second kappa shape index (κ2) is 8.13. The number of amides is 1. The van der Waals surface area contributed by atoms with Crippen molar-refractivity contribution in [1.82, 2.24) is 4.90 Å². The van der Waals surface area contributed by atoms with E-state index in [-0.39, 0.29) is 11.7 Å². The summed E-state index contributed by atoms with van der Waals surface area (Å²) in [5.74, 6) is 1.13. The van der Waals surface area contributed by atoms with E-state index < -0.39 is 0 Å². The van der Waals surface area contributed by atoms with Gasteiger partial charge in [-0.1, -0.05) is 24.3 Å². The Kier molecular flexibility index (Phi) is 5.24. The van der Waals surface area contributed by atoms with Crippen molar-refractivity contribution >= 4 is 11.6 Å². The van der Waals surface area contributed by atoms with E-state index in [4.69, 9.17) is 4.74 Å². The van der Waals surface area contributed by atoms with Gasteiger partial charge >= 0.3 is 0 Å². The van der Waals surface area contributed by atoms with Crippen LogP contribution < -0.4 is 9.64 Å². The number of nitrogens with zero attached hydrogens (tertiary/aromatic N) is 2. The molecule has 0 radical (unpaired) electrons. The first-order valence-electron chi connectivity index (χ1n) is 9.32. The summed E-state index contributed by atoms with van der Waals surface area (Å²) in [6, 6.07) is 23.2. The Labute approximate surface area is 163 Å². The van der Waals surface area contributed by atoms with Crippen LogP contribution in [0.4, 0.5) is 10.1 Å². The van der Waals surface area contributed by atoms with Crippen molar-refractivity contribution in [3.63, 3.8) is 0 Å². The fraction of sp³-hybridized carbons (Fsp3) is 0.174. The Morgan fingerprint density at radius 2 is 1.46 bits per heavy atom. The summed E-state index contributed by atoms with van der Waals surface area (Å²) in [6.45, 7) is 2.69. The van der Waals surface area contributed by atoms with Crippen LogP contribution >= 0.6 is 0 Å². The molecule has 28 heavy (non-hydrogen) atoms. The summed E-state index contributed by atoms with van der Waals surface area (Å²) in [7, 11) is 0. The summed E-state index contributed by atoms with van der Waals surface area (Å²) >= 11 is 0. The molecule has 0 N–H and O–H groups in total. The number of piperazine rings is 1. The molecule has 0 atom stereocenters. The topological polar surface area (TPSA) is 32.8 Å². The van der Waals surface area contributed by atoms with Crippen molar-refractivity contribution in [3.05, 3.63) is 90.2 Å². The van der Waals surface area contributed by atoms with Crippen molar-refractivity contribution in [3.8, 4) is 11.5 Å². The third kappa shape index (κ3) is 4.14. The van der Waals surface area contributed by atoms with E-state index in [1.165, 1.54) is 12.1 Å². The minimum absolute atomic E-state index is 0.00253. The number of rotatable bonds is 4. The van der Waals surface area contributed by atoms with Crippen molar-refractivity contribution < 1.29 is 13.9 Å². The minimum Gasteiger partial charge on any atom is -0.457 e. The van der Waals surface area contributed by atoms with Crippen molar-refractivity contribution in [1.29, 1.82) is 0 Å². The van der Waals surface area contributed by atoms with Crippen molar-refractivity contribution in [2.45, 2.75) is 0 Å². The molecule has 0 unspecified atom stereocenters. The molecule has 5 heteroatoms. The zero-order valence-electron chi connectivity index (χ0n) is 15.4. The Bertz CT molecular complexity index is 936. The van der Waals surface area contributed by atoms with Crippen LogP contribution in [0.5, 0.6) is 11.5 Å². The molecule has 1 fully saturated rings. The SMILES string of the molecule is O=C(c1cccc(Oc2ccccc2)c1)N1CCN(c2ccc(F)cc2)CC1. The van der Waals surface area contributed by atoms with Gasteiger partial charge in [-0.2, -0.15) is 0 Å². The molecule has 4 rings (SSSR count). The number of hydrogen-bond acceptors (Lipinski definition) is 3. The third-order valence-electron chi connectivity index (χ3n) is 4.82. The van der Waals surface area contributed by atoms with Gasteiger partial charge in [0.1, 0.15) is 17.3 Å². The summed E-state index contributed by atoms with van der Waals surface area (Å²) in [6.07, 6.45) is 0. The van der Waals surface area contributed by atoms with Crippen LogP contribution in [0.2, 0.25) is 0 Å². The highest BCUT2D eigenvalue weighted by Gasteiger charge is 2.22. The second-order valence-electron chi connectivity index (χ2n) is 6.70. The van der Waals surface area contributed by atoms with Crippen LogP contribution in [0, 0.1) is 5.82 Å². The Balaban J connectivity index is 1.40. The standard InChI is InChI=1S/C23H21FN2O2/c24-19-9-11-20(12-10-19)25-13-15-26(16-14-25)23(27)18-5-4-8-22(17-18)28-21-6-2-1-3-7-21/h1-12,17H,13-16H2. The summed E-state index contributed by atoms with van der Waals surface area (Å²) in [5, 5.41) is 0. The molecule has 4 nitrogen and oxygen atoms in total. The molecule has 3 aromatic rings. The average molecular weight is 376 g/mol. The van der Waals surface area contributed by atoms with Crippen molar-refractivity contribution in [2.75, 3.05) is 31.1 Å². The molecule has 0 bridgehead atoms. The number of hydrogen-bond donors (Lipinski definition) is 0. The normalized spacial score (nSPS) is 14.0. The van der Waals surface area contributed by atoms with E-state index in [1.807, 2.05) is 53.4 Å². The van der Waals surface area contributed by atoms with Crippen LogP contribution in [0.15, 0.2) is 78.9 Å². The number of benzene rings is 3. The fourth-order valence-corrected chi connectivity index (χ4v) is 3.32. The summed E-state index contributed by atoms with van der Waals surface area (Å²) < 4.78 is 18.9. The number of carbonyl (C=O) groups is 1. The molecule has 3 aromatic carbocycles. The lowest BCUT2D eigenvalue weighted by molar-refractivity contribution is 0.0746. The van der Waals surface area contributed by atoms with Gasteiger partial charge in [0.25, 0.3) is 5.91 Å². The lowest BCUT2D eigenvalue weighted by Gasteiger charge is -2.36. The predicted octanol–water partition coefficient (Wildman–Crippen LogP) is 4.58. The van der Waals surface area contributed by atoms with Gasteiger partial charge in [-0.05, 0) is 54.6 Å². The van der Waals surface area contributed by atoms with E-state index in [0.29, 0.717) is 24.4 Å². The van der Waals surface area contributed by atoms with E-state index in [0.717, 1.165) is 24.5 Å². The van der Waals surface area contributed by atoms with Crippen LogP contribution in [-0.4, -0.2) is 37.0 Å². The van der Waals surface area contributed by atoms with Gasteiger partial charge < -0.3 is 14.5 Å². The maximum absolute atomic E-state index is 13.1. The monoisotopic (exact) mass is 376 g/mol. The smallest absolute Gasteiger partial charge is 0.254 e. The zero-order valence-corrected chi connectivity index (χ0v) is 15.4. The molecule has 1 saturated heterocycles. The molecule has 0 saturated carbocycles. The maximum atomic E-state index is 13.1. The molecule has 0 aromatic heterocycles. The van der Waals surface area contributed by atoms with Crippen LogP contribution in [0.25, 0.3) is 0 Å². The highest BCUT2D eigenvalue weighted by atomic mass is 19.1. The van der Waals surface area contributed by atoms with Crippen LogP contribution in [-0.2, 0) is 0 Å². The molecule has 1 amide bonds. The van der Waals surface area contributed by atoms with Crippen molar-refractivity contribution in [2.24, 2.45) is 0 Å². The molecule has 1 aliphatic heterocycles. The first-order valence-corrected chi connectivity index (χ1v) is 9.32. The Hall–Kier alpha value is -3.34. The van der Waals surface area contributed by atoms with Gasteiger partial charge in [0, 0.05) is 37.4 Å². The second-order valence-corrected chi connectivity index (χ2v) is 6.70. The van der Waals surface area contributed by atoms with Crippen LogP contribution in [0.1, 0.15) is 10.4 Å². The minimum atomic E-state index is -0.241. The van der Waals surface area contributed by atoms with Gasteiger partial charge in [-0.25, -0.2) is 4.39 Å². The summed E-state index contributed by atoms with van der Waals surface area (Å²) in [4.78, 5) is 16.9.